The molecule has 0 aliphatic heterocycles. The number of benzene rings is 3. The van der Waals surface area contributed by atoms with Gasteiger partial charge in [0.2, 0.25) is 17.7 Å². The fourth-order valence-corrected chi connectivity index (χ4v) is 3.53. The minimum absolute atomic E-state index is 0.0281. The van der Waals surface area contributed by atoms with Crippen LogP contribution in [0.4, 0.5) is 5.69 Å². The van der Waals surface area contributed by atoms with Crippen LogP contribution in [0.3, 0.4) is 0 Å². The molecule has 0 unspecified atom stereocenters. The van der Waals surface area contributed by atoms with Crippen LogP contribution in [0.15, 0.2) is 60.7 Å². The Labute approximate surface area is 201 Å². The van der Waals surface area contributed by atoms with Crippen molar-refractivity contribution < 1.29 is 14.4 Å². The lowest BCUT2D eigenvalue weighted by Gasteiger charge is -2.12. The monoisotopic (exact) mass is 482 g/mol. The lowest BCUT2D eigenvalue weighted by Crippen LogP contribution is -2.48. The highest BCUT2D eigenvalue weighted by atomic mass is 35.5. The van der Waals surface area contributed by atoms with Gasteiger partial charge < -0.3 is 10.6 Å². The Morgan fingerprint density at radius 2 is 1.55 bits per heavy atom. The number of nitrogens with one attached hydrogen (secondary N) is 4. The summed E-state index contributed by atoms with van der Waals surface area (Å²) in [5.74, 6) is -1.07. The second kappa shape index (κ2) is 11.4. The molecule has 170 valence electrons. The van der Waals surface area contributed by atoms with Gasteiger partial charge in [0.1, 0.15) is 0 Å². The minimum Gasteiger partial charge on any atom is -0.326 e. The molecule has 4 N–H and O–H groups in total. The van der Waals surface area contributed by atoms with Crippen LogP contribution in [0.1, 0.15) is 24.0 Å². The smallest absolute Gasteiger partial charge is 0.238 e. The maximum Gasteiger partial charge on any atom is 0.238 e. The summed E-state index contributed by atoms with van der Waals surface area (Å²) in [5.41, 5.74) is 7.08. The van der Waals surface area contributed by atoms with Gasteiger partial charge in [-0.1, -0.05) is 60.1 Å². The molecule has 0 saturated heterocycles. The maximum absolute atomic E-state index is 12.3. The van der Waals surface area contributed by atoms with E-state index in [-0.39, 0.29) is 36.2 Å². The van der Waals surface area contributed by atoms with Gasteiger partial charge in [0.05, 0.1) is 6.42 Å². The van der Waals surface area contributed by atoms with E-state index in [1.165, 1.54) is 0 Å². The molecular formula is C24H23ClN4O3S. The predicted octanol–water partition coefficient (Wildman–Crippen LogP) is 3.78. The fraction of sp³-hybridized carbons (Fsp3) is 0.167. The number of rotatable bonds is 6. The van der Waals surface area contributed by atoms with Gasteiger partial charge in [-0.2, -0.15) is 0 Å². The van der Waals surface area contributed by atoms with Crippen LogP contribution in [0.2, 0.25) is 5.02 Å². The summed E-state index contributed by atoms with van der Waals surface area (Å²) in [6.07, 6.45) is 0.0465. The molecule has 3 amide bonds. The second-order valence-corrected chi connectivity index (χ2v) is 8.14. The third kappa shape index (κ3) is 7.00. The molecule has 7 nitrogen and oxygen atoms in total. The summed E-state index contributed by atoms with van der Waals surface area (Å²) < 4.78 is 0. The number of carbonyl (C=O) groups is 3. The zero-order valence-corrected chi connectivity index (χ0v) is 19.5. The fourth-order valence-electron chi connectivity index (χ4n) is 3.19. The minimum atomic E-state index is -0.446. The summed E-state index contributed by atoms with van der Waals surface area (Å²) in [4.78, 5) is 36.4. The first kappa shape index (κ1) is 24.2. The average molecular weight is 483 g/mol. The van der Waals surface area contributed by atoms with Gasteiger partial charge in [-0.25, -0.2) is 0 Å². The van der Waals surface area contributed by atoms with Gasteiger partial charge in [0.25, 0.3) is 0 Å². The van der Waals surface area contributed by atoms with E-state index in [2.05, 4.69) is 21.5 Å². The molecule has 0 aromatic heterocycles. The van der Waals surface area contributed by atoms with Gasteiger partial charge in [0, 0.05) is 23.6 Å². The van der Waals surface area contributed by atoms with Crippen molar-refractivity contribution >= 4 is 63.1 Å². The molecule has 0 radical (unpaired) electrons. The molecule has 33 heavy (non-hydrogen) atoms. The number of fused-ring (bicyclic) bond motifs is 1. The Morgan fingerprint density at radius 1 is 0.848 bits per heavy atom. The lowest BCUT2D eigenvalue weighted by atomic mass is 10.0. The molecule has 0 heterocycles. The molecule has 3 rings (SSSR count). The van der Waals surface area contributed by atoms with Crippen LogP contribution in [0, 0.1) is 6.92 Å². The molecule has 3 aromatic carbocycles. The van der Waals surface area contributed by atoms with E-state index in [1.807, 2.05) is 42.5 Å². The summed E-state index contributed by atoms with van der Waals surface area (Å²) >= 11 is 11.1. The molecule has 9 heteroatoms. The van der Waals surface area contributed by atoms with Gasteiger partial charge in [-0.15, -0.1) is 0 Å². The van der Waals surface area contributed by atoms with E-state index in [1.54, 1.807) is 25.1 Å². The number of hydrazine groups is 1. The number of hydrogen-bond acceptors (Lipinski definition) is 4. The summed E-state index contributed by atoms with van der Waals surface area (Å²) in [6, 6.07) is 18.8. The lowest BCUT2D eigenvalue weighted by molar-refractivity contribution is -0.124. The van der Waals surface area contributed by atoms with Crippen LogP contribution in [0.25, 0.3) is 10.8 Å². The summed E-state index contributed by atoms with van der Waals surface area (Å²) in [5, 5.41) is 7.81. The predicted molar refractivity (Wildman–Crippen MR) is 134 cm³/mol. The molecule has 3 aromatic rings. The Hall–Kier alpha value is -3.49. The molecule has 0 fully saturated rings. The molecule has 0 atom stereocenters. The first-order valence-corrected chi connectivity index (χ1v) is 11.0. The average Bonchev–Trinajstić information content (AvgIpc) is 2.79. The zero-order valence-electron chi connectivity index (χ0n) is 17.9. The Balaban J connectivity index is 1.40. The number of anilines is 1. The van der Waals surface area contributed by atoms with E-state index in [0.29, 0.717) is 10.7 Å². The molecular weight excluding hydrogens is 460 g/mol. The zero-order chi connectivity index (χ0) is 23.8. The van der Waals surface area contributed by atoms with Crippen molar-refractivity contribution in [3.05, 3.63) is 76.8 Å². The van der Waals surface area contributed by atoms with E-state index >= 15 is 0 Å². The standard InChI is InChI=1S/C24H23ClN4O3S/c1-15-19(25)10-5-11-20(15)26-21(30)12-13-22(31)28-29-24(33)27-23(32)14-17-8-4-7-16-6-2-3-9-18(16)17/h2-11H,12-14H2,1H3,(H,26,30)(H,28,31)(H2,27,29,32,33). The van der Waals surface area contributed by atoms with E-state index < -0.39 is 5.91 Å². The number of amides is 3. The normalized spacial score (nSPS) is 10.4. The number of halogens is 1. The maximum atomic E-state index is 12.3. The third-order valence-electron chi connectivity index (χ3n) is 4.92. The third-order valence-corrected chi connectivity index (χ3v) is 5.53. The first-order valence-electron chi connectivity index (χ1n) is 10.2. The van der Waals surface area contributed by atoms with Crippen molar-refractivity contribution in [3.63, 3.8) is 0 Å². The van der Waals surface area contributed by atoms with Crippen LogP contribution < -0.4 is 21.5 Å². The Bertz CT molecular complexity index is 1210. The molecule has 0 saturated carbocycles. The second-order valence-electron chi connectivity index (χ2n) is 7.33. The highest BCUT2D eigenvalue weighted by Gasteiger charge is 2.11. The molecule has 0 aliphatic carbocycles. The van der Waals surface area contributed by atoms with Crippen LogP contribution in [-0.4, -0.2) is 22.8 Å². The van der Waals surface area contributed by atoms with Crippen molar-refractivity contribution in [2.75, 3.05) is 5.32 Å². The van der Waals surface area contributed by atoms with Gasteiger partial charge >= 0.3 is 0 Å². The number of carbonyl (C=O) groups excluding carboxylic acids is 3. The van der Waals surface area contributed by atoms with E-state index in [4.69, 9.17) is 23.8 Å². The molecule has 0 spiro atoms. The number of hydrogen-bond donors (Lipinski definition) is 4. The Morgan fingerprint density at radius 3 is 2.36 bits per heavy atom. The first-order chi connectivity index (χ1) is 15.8. The van der Waals surface area contributed by atoms with Crippen LogP contribution in [0.5, 0.6) is 0 Å². The van der Waals surface area contributed by atoms with Crippen molar-refractivity contribution in [2.45, 2.75) is 26.2 Å². The van der Waals surface area contributed by atoms with Gasteiger partial charge in [-0.3, -0.25) is 25.2 Å². The largest absolute Gasteiger partial charge is 0.326 e. The van der Waals surface area contributed by atoms with Crippen LogP contribution >= 0.6 is 23.8 Å². The van der Waals surface area contributed by atoms with Gasteiger partial charge in [-0.05, 0) is 53.2 Å². The molecule has 0 aliphatic rings. The van der Waals surface area contributed by atoms with E-state index in [0.717, 1.165) is 21.9 Å². The van der Waals surface area contributed by atoms with Crippen molar-refractivity contribution in [1.82, 2.24) is 16.2 Å². The highest BCUT2D eigenvalue weighted by Crippen LogP contribution is 2.23. The topological polar surface area (TPSA) is 99.3 Å². The number of thiocarbonyl (C=S) groups is 1. The highest BCUT2D eigenvalue weighted by molar-refractivity contribution is 7.80. The van der Waals surface area contributed by atoms with Crippen molar-refractivity contribution in [2.24, 2.45) is 0 Å². The van der Waals surface area contributed by atoms with Crippen LogP contribution in [-0.2, 0) is 20.8 Å². The van der Waals surface area contributed by atoms with Crippen molar-refractivity contribution in [1.29, 1.82) is 0 Å². The van der Waals surface area contributed by atoms with E-state index in [9.17, 15) is 14.4 Å². The van der Waals surface area contributed by atoms with Crippen molar-refractivity contribution in [3.8, 4) is 0 Å². The van der Waals surface area contributed by atoms with Gasteiger partial charge in [0.15, 0.2) is 5.11 Å². The summed E-state index contributed by atoms with van der Waals surface area (Å²) in [7, 11) is 0. The Kier molecular flexibility index (Phi) is 8.34. The SMILES string of the molecule is Cc1c(Cl)cccc1NC(=O)CCC(=O)NNC(=S)NC(=O)Cc1cccc2ccccc12. The molecule has 0 bridgehead atoms. The summed E-state index contributed by atoms with van der Waals surface area (Å²) in [6.45, 7) is 1.80. The quantitative estimate of drug-likeness (QED) is 0.316.